The number of aryl methyl sites for hydroxylation is 1. The number of nitrogens with two attached hydrogens (primary N) is 1. The molecular formula is C20H21N3O3. The van der Waals surface area contributed by atoms with Gasteiger partial charge >= 0.3 is 5.97 Å². The predicted molar refractivity (Wildman–Crippen MR) is 102 cm³/mol. The van der Waals surface area contributed by atoms with E-state index in [1.807, 2.05) is 36.4 Å². The fourth-order valence-electron chi connectivity index (χ4n) is 3.33. The first kappa shape index (κ1) is 17.7. The van der Waals surface area contributed by atoms with Gasteiger partial charge in [-0.3, -0.25) is 9.59 Å². The lowest BCUT2D eigenvalue weighted by atomic mass is 9.92. The summed E-state index contributed by atoms with van der Waals surface area (Å²) in [5.74, 6) is -0.601. The fourth-order valence-corrected chi connectivity index (χ4v) is 3.33. The van der Waals surface area contributed by atoms with E-state index in [0.717, 1.165) is 28.5 Å². The topological polar surface area (TPSA) is 108 Å². The highest BCUT2D eigenvalue weighted by Gasteiger charge is 2.21. The van der Waals surface area contributed by atoms with Crippen LogP contribution in [0.15, 0.2) is 42.5 Å². The number of aromatic amines is 1. The second kappa shape index (κ2) is 7.41. The highest BCUT2D eigenvalue weighted by atomic mass is 16.4. The number of carboxylic acid groups (broad SMARTS) is 1. The minimum absolute atomic E-state index is 0.108. The van der Waals surface area contributed by atoms with E-state index in [2.05, 4.69) is 23.3 Å². The van der Waals surface area contributed by atoms with Crippen LogP contribution in [0.1, 0.15) is 18.1 Å². The number of carboxylic acids is 1. The van der Waals surface area contributed by atoms with Crippen LogP contribution >= 0.6 is 0 Å². The van der Waals surface area contributed by atoms with Crippen LogP contribution in [0.3, 0.4) is 0 Å². The molecule has 1 atom stereocenters. The first-order valence-electron chi connectivity index (χ1n) is 8.47. The van der Waals surface area contributed by atoms with Gasteiger partial charge in [0.25, 0.3) is 0 Å². The maximum absolute atomic E-state index is 11.3. The zero-order valence-electron chi connectivity index (χ0n) is 14.5. The van der Waals surface area contributed by atoms with Gasteiger partial charge in [-0.1, -0.05) is 43.3 Å². The van der Waals surface area contributed by atoms with E-state index in [0.29, 0.717) is 17.8 Å². The highest BCUT2D eigenvalue weighted by Crippen LogP contribution is 2.37. The number of H-pyrrole nitrogens is 1. The van der Waals surface area contributed by atoms with E-state index in [1.165, 1.54) is 5.56 Å². The van der Waals surface area contributed by atoms with Crippen molar-refractivity contribution in [2.75, 3.05) is 5.32 Å². The van der Waals surface area contributed by atoms with Gasteiger partial charge in [-0.2, -0.15) is 0 Å². The van der Waals surface area contributed by atoms with E-state index in [1.54, 1.807) is 0 Å². The van der Waals surface area contributed by atoms with E-state index < -0.39 is 12.0 Å². The van der Waals surface area contributed by atoms with Crippen molar-refractivity contribution in [2.45, 2.75) is 25.8 Å². The fraction of sp³-hybridized carbons (Fsp3) is 0.200. The van der Waals surface area contributed by atoms with Crippen molar-refractivity contribution < 1.29 is 14.7 Å². The predicted octanol–water partition coefficient (Wildman–Crippen LogP) is 2.92. The van der Waals surface area contributed by atoms with Crippen molar-refractivity contribution in [2.24, 2.45) is 5.73 Å². The minimum Gasteiger partial charge on any atom is -0.480 e. The van der Waals surface area contributed by atoms with Crippen LogP contribution in [-0.2, 0) is 22.4 Å². The van der Waals surface area contributed by atoms with Crippen LogP contribution in [-0.4, -0.2) is 28.5 Å². The van der Waals surface area contributed by atoms with Crippen molar-refractivity contribution in [3.8, 4) is 11.1 Å². The van der Waals surface area contributed by atoms with Gasteiger partial charge in [0.2, 0.25) is 6.41 Å². The molecule has 3 rings (SSSR count). The van der Waals surface area contributed by atoms with E-state index in [-0.39, 0.29) is 6.42 Å². The van der Waals surface area contributed by atoms with Crippen molar-refractivity contribution >= 4 is 29.1 Å². The number of hydrogen-bond acceptors (Lipinski definition) is 3. The van der Waals surface area contributed by atoms with E-state index >= 15 is 0 Å². The molecule has 26 heavy (non-hydrogen) atoms. The number of anilines is 1. The lowest BCUT2D eigenvalue weighted by Gasteiger charge is -2.12. The summed E-state index contributed by atoms with van der Waals surface area (Å²) in [6.07, 6.45) is 1.55. The van der Waals surface area contributed by atoms with Gasteiger partial charge in [0, 0.05) is 22.9 Å². The van der Waals surface area contributed by atoms with Crippen LogP contribution in [0.5, 0.6) is 0 Å². The lowest BCUT2D eigenvalue weighted by molar-refractivity contribution is -0.138. The smallest absolute Gasteiger partial charge is 0.320 e. The molecule has 1 amide bonds. The van der Waals surface area contributed by atoms with Crippen LogP contribution in [0.4, 0.5) is 5.82 Å². The molecule has 0 aliphatic carbocycles. The van der Waals surface area contributed by atoms with Gasteiger partial charge in [-0.05, 0) is 29.2 Å². The largest absolute Gasteiger partial charge is 0.480 e. The van der Waals surface area contributed by atoms with Gasteiger partial charge in [-0.15, -0.1) is 0 Å². The Kier molecular flexibility index (Phi) is 5.04. The van der Waals surface area contributed by atoms with Crippen LogP contribution in [0.2, 0.25) is 0 Å². The van der Waals surface area contributed by atoms with Crippen molar-refractivity contribution in [3.05, 3.63) is 53.6 Å². The van der Waals surface area contributed by atoms with Gasteiger partial charge in [0.15, 0.2) is 0 Å². The molecule has 0 radical (unpaired) electrons. The average molecular weight is 351 g/mol. The van der Waals surface area contributed by atoms with Gasteiger partial charge in [0.05, 0.1) is 0 Å². The first-order valence-corrected chi connectivity index (χ1v) is 8.47. The Hall–Kier alpha value is -3.12. The summed E-state index contributed by atoms with van der Waals surface area (Å²) in [6.45, 7) is 2.09. The molecule has 0 fully saturated rings. The Morgan fingerprint density at radius 1 is 1.23 bits per heavy atom. The normalized spacial score (nSPS) is 12.1. The van der Waals surface area contributed by atoms with Gasteiger partial charge in [0.1, 0.15) is 11.9 Å². The van der Waals surface area contributed by atoms with Crippen LogP contribution in [0, 0.1) is 0 Å². The number of aliphatic carboxylic acids is 1. The maximum atomic E-state index is 11.3. The number of nitrogens with one attached hydrogen (secondary N) is 2. The number of carbonyl (C=O) groups is 2. The zero-order valence-corrected chi connectivity index (χ0v) is 14.5. The maximum Gasteiger partial charge on any atom is 0.320 e. The molecule has 1 heterocycles. The Morgan fingerprint density at radius 3 is 2.65 bits per heavy atom. The van der Waals surface area contributed by atoms with Crippen molar-refractivity contribution in [1.82, 2.24) is 4.98 Å². The van der Waals surface area contributed by atoms with Crippen molar-refractivity contribution in [1.29, 1.82) is 0 Å². The second-order valence-electron chi connectivity index (χ2n) is 6.13. The average Bonchev–Trinajstić information content (AvgIpc) is 2.99. The molecule has 1 aromatic heterocycles. The van der Waals surface area contributed by atoms with Gasteiger partial charge < -0.3 is 21.1 Å². The molecule has 0 spiro atoms. The summed E-state index contributed by atoms with van der Waals surface area (Å²) in [5.41, 5.74) is 10.6. The summed E-state index contributed by atoms with van der Waals surface area (Å²) >= 11 is 0. The number of hydrogen-bond donors (Lipinski definition) is 4. The zero-order chi connectivity index (χ0) is 18.7. The number of rotatable bonds is 7. The summed E-state index contributed by atoms with van der Waals surface area (Å²) in [7, 11) is 0. The third kappa shape index (κ3) is 3.19. The van der Waals surface area contributed by atoms with Crippen LogP contribution in [0.25, 0.3) is 22.0 Å². The van der Waals surface area contributed by atoms with Crippen LogP contribution < -0.4 is 11.1 Å². The number of amides is 1. The molecule has 0 unspecified atom stereocenters. The Labute approximate surface area is 151 Å². The number of aromatic nitrogens is 1. The monoisotopic (exact) mass is 351 g/mol. The third-order valence-electron chi connectivity index (χ3n) is 4.56. The lowest BCUT2D eigenvalue weighted by Crippen LogP contribution is -2.32. The molecule has 0 aliphatic rings. The summed E-state index contributed by atoms with van der Waals surface area (Å²) in [5, 5.41) is 12.7. The number of fused-ring (bicyclic) bond motifs is 1. The molecule has 0 bridgehead atoms. The molecular weight excluding hydrogens is 330 g/mol. The number of carbonyl (C=O) groups excluding carboxylic acids is 1. The van der Waals surface area contributed by atoms with Crippen molar-refractivity contribution in [3.63, 3.8) is 0 Å². The SMILES string of the molecule is CCc1ccccc1-c1cccc2[nH]c(NC=O)c(C[C@@H](N)C(=O)O)c12. The summed E-state index contributed by atoms with van der Waals surface area (Å²) < 4.78 is 0. The Balaban J connectivity index is 2.27. The second-order valence-corrected chi connectivity index (χ2v) is 6.13. The standard InChI is InChI=1S/C20H21N3O3/c1-2-12-6-3-4-7-13(12)14-8-5-9-17-18(14)15(10-16(21)20(25)26)19(23-17)22-11-24/h3-9,11,16,23H,2,10,21H2,1H3,(H,22,24)(H,25,26)/t16-/m1/s1. The minimum atomic E-state index is -1.08. The van der Waals surface area contributed by atoms with E-state index in [4.69, 9.17) is 5.73 Å². The molecule has 0 saturated carbocycles. The highest BCUT2D eigenvalue weighted by molar-refractivity contribution is 6.02. The molecule has 5 N–H and O–H groups in total. The van der Waals surface area contributed by atoms with E-state index in [9.17, 15) is 14.7 Å². The molecule has 6 heteroatoms. The molecule has 134 valence electrons. The molecule has 6 nitrogen and oxygen atoms in total. The summed E-state index contributed by atoms with van der Waals surface area (Å²) in [6, 6.07) is 12.9. The quantitative estimate of drug-likeness (QED) is 0.491. The molecule has 0 aliphatic heterocycles. The molecule has 3 aromatic rings. The third-order valence-corrected chi connectivity index (χ3v) is 4.56. The Bertz CT molecular complexity index is 962. The molecule has 2 aromatic carbocycles. The summed E-state index contributed by atoms with van der Waals surface area (Å²) in [4.78, 5) is 25.4. The first-order chi connectivity index (χ1) is 12.6. The number of benzene rings is 2. The Morgan fingerprint density at radius 2 is 1.96 bits per heavy atom. The van der Waals surface area contributed by atoms with Gasteiger partial charge in [-0.25, -0.2) is 0 Å². The molecule has 0 saturated heterocycles.